The molecule has 2 saturated carbocycles. The summed E-state index contributed by atoms with van der Waals surface area (Å²) in [6, 6.07) is -0.151. The lowest BCUT2D eigenvalue weighted by Crippen LogP contribution is -2.45. The highest BCUT2D eigenvalue weighted by Gasteiger charge is 2.29. The fourth-order valence-electron chi connectivity index (χ4n) is 3.69. The molecule has 2 aliphatic rings. The molecule has 0 bridgehead atoms. The van der Waals surface area contributed by atoms with E-state index in [0.29, 0.717) is 19.0 Å². The number of amides is 1. The van der Waals surface area contributed by atoms with Crippen LogP contribution in [0.3, 0.4) is 0 Å². The summed E-state index contributed by atoms with van der Waals surface area (Å²) in [7, 11) is 0. The van der Waals surface area contributed by atoms with Crippen LogP contribution in [0.25, 0.3) is 0 Å². The monoisotopic (exact) mass is 349 g/mol. The Labute approximate surface area is 146 Å². The Balaban J connectivity index is 2.09. The summed E-state index contributed by atoms with van der Waals surface area (Å²) in [4.78, 5) is 38.0. The van der Waals surface area contributed by atoms with Gasteiger partial charge in [-0.25, -0.2) is 4.79 Å². The Morgan fingerprint density at radius 1 is 1.16 bits per heavy atom. The van der Waals surface area contributed by atoms with Crippen LogP contribution in [0.4, 0.5) is 0 Å². The van der Waals surface area contributed by atoms with Crippen molar-refractivity contribution in [2.45, 2.75) is 70.9 Å². The molecule has 25 heavy (non-hydrogen) atoms. The summed E-state index contributed by atoms with van der Waals surface area (Å²) in [5, 5.41) is 13.2. The molecule has 2 fully saturated rings. The average molecular weight is 349 g/mol. The zero-order chi connectivity index (χ0) is 18.0. The number of nitrogens with zero attached hydrogens (tertiary/aromatic N) is 2. The number of carbonyl (C=O) groups excluding carboxylic acids is 1. The molecule has 1 amide bonds. The van der Waals surface area contributed by atoms with E-state index in [4.69, 9.17) is 0 Å². The van der Waals surface area contributed by atoms with Gasteiger partial charge in [-0.05, 0) is 32.1 Å². The van der Waals surface area contributed by atoms with Gasteiger partial charge in [-0.15, -0.1) is 0 Å². The largest absolute Gasteiger partial charge is 0.494 e. The predicted octanol–water partition coefficient (Wildman–Crippen LogP) is 1.77. The summed E-state index contributed by atoms with van der Waals surface area (Å²) in [5.41, 5.74) is -1.47. The number of rotatable bonds is 6. The van der Waals surface area contributed by atoms with Crippen LogP contribution in [0.1, 0.15) is 74.7 Å². The number of nitrogens with one attached hydrogen (secondary N) is 1. The van der Waals surface area contributed by atoms with Crippen LogP contribution in [0.5, 0.6) is 5.88 Å². The van der Waals surface area contributed by atoms with Gasteiger partial charge < -0.3 is 10.4 Å². The Morgan fingerprint density at radius 2 is 1.84 bits per heavy atom. The molecular formula is C18H27N3O4. The van der Waals surface area contributed by atoms with Crippen LogP contribution in [-0.4, -0.2) is 26.7 Å². The maximum absolute atomic E-state index is 12.9. The van der Waals surface area contributed by atoms with E-state index in [1.165, 1.54) is 4.57 Å². The van der Waals surface area contributed by atoms with Crippen molar-refractivity contribution in [1.29, 1.82) is 0 Å². The first-order valence-electron chi connectivity index (χ1n) is 9.41. The quantitative estimate of drug-likeness (QED) is 0.818. The first-order valence-corrected chi connectivity index (χ1v) is 9.41. The predicted molar refractivity (Wildman–Crippen MR) is 94.1 cm³/mol. The second-order valence-electron chi connectivity index (χ2n) is 7.19. The van der Waals surface area contributed by atoms with E-state index in [2.05, 4.69) is 5.32 Å². The van der Waals surface area contributed by atoms with Crippen molar-refractivity contribution in [2.75, 3.05) is 6.54 Å². The topological polar surface area (TPSA) is 93.3 Å². The van der Waals surface area contributed by atoms with Crippen LogP contribution in [-0.2, 0) is 6.54 Å². The smallest absolute Gasteiger partial charge is 0.334 e. The van der Waals surface area contributed by atoms with E-state index in [9.17, 15) is 19.5 Å². The summed E-state index contributed by atoms with van der Waals surface area (Å²) in [6.07, 6.45) is 7.66. The number of hydrogen-bond donors (Lipinski definition) is 2. The van der Waals surface area contributed by atoms with E-state index in [1.54, 1.807) is 6.92 Å². The molecule has 0 aromatic carbocycles. The molecule has 3 rings (SSSR count). The first-order chi connectivity index (χ1) is 12.0. The number of aromatic nitrogens is 2. The zero-order valence-corrected chi connectivity index (χ0v) is 14.8. The van der Waals surface area contributed by atoms with E-state index in [1.807, 2.05) is 0 Å². The van der Waals surface area contributed by atoms with Gasteiger partial charge in [-0.2, -0.15) is 0 Å². The fourth-order valence-corrected chi connectivity index (χ4v) is 3.69. The van der Waals surface area contributed by atoms with E-state index < -0.39 is 23.0 Å². The van der Waals surface area contributed by atoms with Gasteiger partial charge in [0.25, 0.3) is 11.5 Å². The van der Waals surface area contributed by atoms with E-state index in [-0.39, 0.29) is 11.6 Å². The van der Waals surface area contributed by atoms with E-state index >= 15 is 0 Å². The average Bonchev–Trinajstić information content (AvgIpc) is 3.40. The van der Waals surface area contributed by atoms with Crippen molar-refractivity contribution in [3.05, 3.63) is 26.4 Å². The Hall–Kier alpha value is -2.05. The fraction of sp³-hybridized carbons (Fsp3) is 0.722. The zero-order valence-electron chi connectivity index (χ0n) is 14.8. The minimum Gasteiger partial charge on any atom is -0.494 e. The Bertz CT molecular complexity index is 755. The Morgan fingerprint density at radius 3 is 2.44 bits per heavy atom. The lowest BCUT2D eigenvalue weighted by Gasteiger charge is -2.26. The van der Waals surface area contributed by atoms with E-state index in [0.717, 1.165) is 55.9 Å². The molecule has 0 spiro atoms. The SMILES string of the molecule is CCNC(=O)c1c(O)n(C2CCCCC2)c(=O)n(CCC2CC2)c1=O. The highest BCUT2D eigenvalue weighted by atomic mass is 16.3. The maximum Gasteiger partial charge on any atom is 0.334 e. The third kappa shape index (κ3) is 3.65. The molecule has 0 saturated heterocycles. The summed E-state index contributed by atoms with van der Waals surface area (Å²) in [6.45, 7) is 2.40. The minimum absolute atomic E-state index is 0.151. The second-order valence-corrected chi connectivity index (χ2v) is 7.19. The lowest BCUT2D eigenvalue weighted by molar-refractivity contribution is 0.0947. The molecule has 0 unspecified atom stereocenters. The number of carbonyl (C=O) groups is 1. The molecule has 0 radical (unpaired) electrons. The standard InChI is InChI=1S/C18H27N3O4/c1-2-19-15(22)14-16(23)20(11-10-12-8-9-12)18(25)21(17(14)24)13-6-4-3-5-7-13/h12-13,24H,2-11H2,1H3,(H,19,22). The third-order valence-electron chi connectivity index (χ3n) is 5.31. The van der Waals surface area contributed by atoms with Crippen LogP contribution >= 0.6 is 0 Å². The molecule has 7 heteroatoms. The van der Waals surface area contributed by atoms with Crippen LogP contribution in [0.15, 0.2) is 9.59 Å². The minimum atomic E-state index is -0.679. The van der Waals surface area contributed by atoms with Crippen molar-refractivity contribution in [3.63, 3.8) is 0 Å². The van der Waals surface area contributed by atoms with Gasteiger partial charge >= 0.3 is 5.69 Å². The van der Waals surface area contributed by atoms with Crippen LogP contribution in [0.2, 0.25) is 0 Å². The van der Waals surface area contributed by atoms with Crippen molar-refractivity contribution >= 4 is 5.91 Å². The molecule has 1 aromatic rings. The van der Waals surface area contributed by atoms with Gasteiger partial charge in [0.15, 0.2) is 5.56 Å². The van der Waals surface area contributed by atoms with Gasteiger partial charge in [-0.1, -0.05) is 32.1 Å². The summed E-state index contributed by atoms with van der Waals surface area (Å²) < 4.78 is 2.44. The van der Waals surface area contributed by atoms with Crippen molar-refractivity contribution in [1.82, 2.24) is 14.5 Å². The van der Waals surface area contributed by atoms with Crippen LogP contribution < -0.4 is 16.6 Å². The maximum atomic E-state index is 12.9. The second kappa shape index (κ2) is 7.45. The first kappa shape index (κ1) is 17.8. The number of hydrogen-bond acceptors (Lipinski definition) is 4. The molecule has 2 aliphatic carbocycles. The molecule has 0 aliphatic heterocycles. The highest BCUT2D eigenvalue weighted by molar-refractivity contribution is 5.95. The van der Waals surface area contributed by atoms with Gasteiger partial charge in [-0.3, -0.25) is 18.7 Å². The molecule has 2 N–H and O–H groups in total. The van der Waals surface area contributed by atoms with Gasteiger partial charge in [0.1, 0.15) is 0 Å². The summed E-state index contributed by atoms with van der Waals surface area (Å²) >= 11 is 0. The van der Waals surface area contributed by atoms with Crippen LogP contribution in [0, 0.1) is 5.92 Å². The third-order valence-corrected chi connectivity index (χ3v) is 5.31. The molecule has 0 atom stereocenters. The molecule has 138 valence electrons. The molecule has 1 heterocycles. The van der Waals surface area contributed by atoms with Gasteiger partial charge in [0.05, 0.1) is 0 Å². The van der Waals surface area contributed by atoms with Crippen molar-refractivity contribution in [3.8, 4) is 5.88 Å². The van der Waals surface area contributed by atoms with Gasteiger partial charge in [0, 0.05) is 19.1 Å². The van der Waals surface area contributed by atoms with Gasteiger partial charge in [0.2, 0.25) is 5.88 Å². The Kier molecular flexibility index (Phi) is 5.30. The highest BCUT2D eigenvalue weighted by Crippen LogP contribution is 2.33. The molecule has 7 nitrogen and oxygen atoms in total. The lowest BCUT2D eigenvalue weighted by atomic mass is 9.95. The van der Waals surface area contributed by atoms with Crippen molar-refractivity contribution in [2.24, 2.45) is 5.92 Å². The normalized spacial score (nSPS) is 18.3. The number of aromatic hydroxyl groups is 1. The molecular weight excluding hydrogens is 322 g/mol. The van der Waals surface area contributed by atoms with Crippen molar-refractivity contribution < 1.29 is 9.90 Å². The summed E-state index contributed by atoms with van der Waals surface area (Å²) in [5.74, 6) is -0.526. The molecule has 1 aromatic heterocycles.